The van der Waals surface area contributed by atoms with Gasteiger partial charge in [0.25, 0.3) is 5.56 Å². The van der Waals surface area contributed by atoms with Gasteiger partial charge in [-0.15, -0.1) is 6.42 Å². The van der Waals surface area contributed by atoms with Crippen LogP contribution in [0.3, 0.4) is 0 Å². The van der Waals surface area contributed by atoms with Crippen molar-refractivity contribution >= 4 is 50.9 Å². The summed E-state index contributed by atoms with van der Waals surface area (Å²) in [5.41, 5.74) is 1.59. The summed E-state index contributed by atoms with van der Waals surface area (Å²) >= 11 is 11.2. The van der Waals surface area contributed by atoms with E-state index >= 15 is 0 Å². The molecule has 0 saturated heterocycles. The second kappa shape index (κ2) is 13.0. The van der Waals surface area contributed by atoms with Crippen LogP contribution in [0.2, 0.25) is 5.02 Å². The summed E-state index contributed by atoms with van der Waals surface area (Å²) in [5, 5.41) is 0.288. The van der Waals surface area contributed by atoms with E-state index in [1.165, 1.54) is 23.0 Å². The average Bonchev–Trinajstić information content (AvgIpc) is 3.21. The van der Waals surface area contributed by atoms with E-state index in [2.05, 4.69) is 26.8 Å². The highest BCUT2D eigenvalue weighted by Gasteiger charge is 2.35. The molecule has 0 N–H and O–H groups in total. The smallest absolute Gasteiger partial charge is 0.338 e. The fourth-order valence-corrected chi connectivity index (χ4v) is 6.11. The van der Waals surface area contributed by atoms with Crippen LogP contribution in [0, 0.1) is 12.3 Å². The number of rotatable bonds is 9. The number of methoxy groups -OCH3 is 1. The number of allylic oxidation sites excluding steroid dienone is 1. The van der Waals surface area contributed by atoms with Gasteiger partial charge in [-0.05, 0) is 69.7 Å². The van der Waals surface area contributed by atoms with Crippen molar-refractivity contribution in [3.05, 3.63) is 81.9 Å². The molecule has 1 aliphatic heterocycles. The van der Waals surface area contributed by atoms with Gasteiger partial charge in [0, 0.05) is 10.0 Å². The van der Waals surface area contributed by atoms with E-state index < -0.39 is 12.0 Å². The van der Waals surface area contributed by atoms with Gasteiger partial charge >= 0.3 is 5.97 Å². The molecule has 214 valence electrons. The lowest BCUT2D eigenvalue weighted by Crippen LogP contribution is -2.40. The summed E-state index contributed by atoms with van der Waals surface area (Å²) < 4.78 is 25.2. The number of hydrogen-bond acceptors (Lipinski definition) is 8. The normalized spacial score (nSPS) is 14.8. The Morgan fingerprint density at radius 1 is 1.27 bits per heavy atom. The zero-order chi connectivity index (χ0) is 29.8. The largest absolute Gasteiger partial charge is 0.496 e. The summed E-state index contributed by atoms with van der Waals surface area (Å²) in [6.45, 7) is 7.50. The third-order valence-corrected chi connectivity index (χ3v) is 7.76. The molecular weight excluding hydrogens is 632 g/mol. The number of carbonyl (C=O) groups excluding carboxylic acids is 1. The second-order valence-electron chi connectivity index (χ2n) is 9.18. The zero-order valence-electron chi connectivity index (χ0n) is 23.1. The van der Waals surface area contributed by atoms with Crippen molar-refractivity contribution in [3.8, 4) is 29.6 Å². The second-order valence-corrected chi connectivity index (χ2v) is 11.5. The van der Waals surface area contributed by atoms with Gasteiger partial charge in [0.2, 0.25) is 0 Å². The van der Waals surface area contributed by atoms with Gasteiger partial charge in [-0.25, -0.2) is 9.79 Å². The third-order valence-electron chi connectivity index (χ3n) is 6.00. The monoisotopic (exact) mass is 658 g/mol. The van der Waals surface area contributed by atoms with Gasteiger partial charge in [-0.2, -0.15) is 0 Å². The molecule has 2 heterocycles. The van der Waals surface area contributed by atoms with Gasteiger partial charge in [0.05, 0.1) is 40.6 Å². The highest BCUT2D eigenvalue weighted by molar-refractivity contribution is 9.10. The maximum atomic E-state index is 14.0. The molecule has 1 atom stereocenters. The van der Waals surface area contributed by atoms with Crippen LogP contribution in [-0.4, -0.2) is 37.0 Å². The van der Waals surface area contributed by atoms with Crippen molar-refractivity contribution < 1.29 is 23.7 Å². The minimum atomic E-state index is -0.839. The maximum Gasteiger partial charge on any atom is 0.338 e. The fourth-order valence-electron chi connectivity index (χ4n) is 4.41. The molecular formula is C30H28BrClN2O6S. The number of fused-ring (bicyclic) bond motifs is 1. The van der Waals surface area contributed by atoms with Crippen LogP contribution in [-0.2, 0) is 9.53 Å². The van der Waals surface area contributed by atoms with E-state index in [0.717, 1.165) is 4.47 Å². The van der Waals surface area contributed by atoms with Gasteiger partial charge in [0.1, 0.15) is 18.4 Å². The van der Waals surface area contributed by atoms with E-state index in [1.807, 2.05) is 19.1 Å². The summed E-state index contributed by atoms with van der Waals surface area (Å²) in [7, 11) is 1.54. The standard InChI is InChI=1S/C30H28BrClN2O6S/c1-7-11-39-27-21(32)12-18(13-23(27)38-8-2)14-24-28(35)34-26(20-15-19(31)9-10-22(20)37-6)25(29(36)40-16(3)4)17(5)33-30(34)41-24/h1,9-10,12-16,26H,8,11H2,2-6H3/b24-14-/t26-/m1/s1. The van der Waals surface area contributed by atoms with Crippen LogP contribution >= 0.6 is 38.9 Å². The lowest BCUT2D eigenvalue weighted by Gasteiger charge is -2.26. The molecule has 0 bridgehead atoms. The number of benzene rings is 2. The van der Waals surface area contributed by atoms with Crippen molar-refractivity contribution in [2.45, 2.75) is 39.8 Å². The maximum absolute atomic E-state index is 14.0. The molecule has 0 unspecified atom stereocenters. The Bertz CT molecular complexity index is 1750. The summed E-state index contributed by atoms with van der Waals surface area (Å²) in [4.78, 5) is 32.5. The molecule has 3 aromatic rings. The first-order chi connectivity index (χ1) is 19.6. The predicted octanol–water partition coefficient (Wildman–Crippen LogP) is 5.02. The van der Waals surface area contributed by atoms with Crippen molar-refractivity contribution in [2.75, 3.05) is 20.3 Å². The Morgan fingerprint density at radius 3 is 2.68 bits per heavy atom. The van der Waals surface area contributed by atoms with Crippen LogP contribution < -0.4 is 29.1 Å². The van der Waals surface area contributed by atoms with Crippen molar-refractivity contribution in [3.63, 3.8) is 0 Å². The summed E-state index contributed by atoms with van der Waals surface area (Å²) in [6.07, 6.45) is 6.67. The van der Waals surface area contributed by atoms with E-state index in [1.54, 1.807) is 45.0 Å². The first-order valence-electron chi connectivity index (χ1n) is 12.7. The Labute approximate surface area is 255 Å². The van der Waals surface area contributed by atoms with E-state index in [4.69, 9.17) is 37.0 Å². The van der Waals surface area contributed by atoms with Gasteiger partial charge < -0.3 is 18.9 Å². The Kier molecular flexibility index (Phi) is 9.64. The molecule has 41 heavy (non-hydrogen) atoms. The number of nitrogens with zero attached hydrogens (tertiary/aromatic N) is 2. The molecule has 0 amide bonds. The molecule has 8 nitrogen and oxygen atoms in total. The lowest BCUT2D eigenvalue weighted by molar-refractivity contribution is -0.143. The Balaban J connectivity index is 1.95. The first-order valence-corrected chi connectivity index (χ1v) is 14.7. The molecule has 11 heteroatoms. The average molecular weight is 660 g/mol. The topological polar surface area (TPSA) is 88.4 Å². The number of aromatic nitrogens is 1. The van der Waals surface area contributed by atoms with Crippen LogP contribution in [0.1, 0.15) is 44.9 Å². The van der Waals surface area contributed by atoms with Crippen LogP contribution in [0.5, 0.6) is 17.2 Å². The molecule has 4 rings (SSSR count). The summed E-state index contributed by atoms with van der Waals surface area (Å²) in [6, 6.07) is 7.98. The molecule has 2 aromatic carbocycles. The van der Waals surface area contributed by atoms with E-state index in [-0.39, 0.29) is 28.9 Å². The zero-order valence-corrected chi connectivity index (χ0v) is 26.3. The quantitative estimate of drug-likeness (QED) is 0.237. The van der Waals surface area contributed by atoms with Crippen molar-refractivity contribution in [1.29, 1.82) is 0 Å². The fraction of sp³-hybridized carbons (Fsp3) is 0.300. The number of terminal acetylenes is 1. The molecule has 0 saturated carbocycles. The number of halogens is 2. The molecule has 0 aliphatic carbocycles. The molecule has 1 aromatic heterocycles. The third kappa shape index (κ3) is 6.38. The molecule has 0 fully saturated rings. The van der Waals surface area contributed by atoms with Crippen LogP contribution in [0.4, 0.5) is 0 Å². The van der Waals surface area contributed by atoms with Gasteiger partial charge in [-0.3, -0.25) is 9.36 Å². The number of thiazole rings is 1. The van der Waals surface area contributed by atoms with E-state index in [0.29, 0.717) is 50.0 Å². The highest BCUT2D eigenvalue weighted by Crippen LogP contribution is 2.38. The van der Waals surface area contributed by atoms with Crippen molar-refractivity contribution in [2.24, 2.45) is 4.99 Å². The Morgan fingerprint density at radius 2 is 2.02 bits per heavy atom. The van der Waals surface area contributed by atoms with Gasteiger partial charge in [0.15, 0.2) is 16.3 Å². The Hall–Kier alpha value is -3.52. The number of carbonyl (C=O) groups is 1. The first kappa shape index (κ1) is 30.4. The molecule has 1 aliphatic rings. The SMILES string of the molecule is C#CCOc1c(Cl)cc(/C=c2\sc3n(c2=O)[C@H](c2cc(Br)ccc2OC)C(C(=O)OC(C)C)=C(C)N=3)cc1OCC. The molecule has 0 radical (unpaired) electrons. The lowest BCUT2D eigenvalue weighted by atomic mass is 9.95. The number of esters is 1. The predicted molar refractivity (Wildman–Crippen MR) is 163 cm³/mol. The van der Waals surface area contributed by atoms with Crippen LogP contribution in [0.25, 0.3) is 6.08 Å². The van der Waals surface area contributed by atoms with Gasteiger partial charge in [-0.1, -0.05) is 44.8 Å². The minimum absolute atomic E-state index is 0.0255. The van der Waals surface area contributed by atoms with Crippen LogP contribution in [0.15, 0.2) is 55.9 Å². The van der Waals surface area contributed by atoms with E-state index in [9.17, 15) is 9.59 Å². The molecule has 0 spiro atoms. The minimum Gasteiger partial charge on any atom is -0.496 e. The highest BCUT2D eigenvalue weighted by atomic mass is 79.9. The van der Waals surface area contributed by atoms with Crippen molar-refractivity contribution in [1.82, 2.24) is 4.57 Å². The number of hydrogen-bond donors (Lipinski definition) is 0. The number of ether oxygens (including phenoxy) is 4. The summed E-state index contributed by atoms with van der Waals surface area (Å²) in [5.74, 6) is 3.09.